The molecular formula is C27H32N6O2. The number of likely N-dealkylation sites (N-methyl/N-ethyl adjacent to an activating group) is 1. The summed E-state index contributed by atoms with van der Waals surface area (Å²) in [5.74, 6) is 0.125. The van der Waals surface area contributed by atoms with Crippen molar-refractivity contribution in [1.29, 1.82) is 0 Å². The zero-order valence-electron chi connectivity index (χ0n) is 20.3. The largest absolute Gasteiger partial charge is 0.369 e. The summed E-state index contributed by atoms with van der Waals surface area (Å²) in [6.45, 7) is 10.2. The molecule has 0 aliphatic carbocycles. The minimum Gasteiger partial charge on any atom is -0.369 e. The van der Waals surface area contributed by atoms with Crippen LogP contribution in [0.25, 0.3) is 0 Å². The number of nitrogens with zero attached hydrogens (tertiary/aromatic N) is 4. The number of piperazine rings is 1. The van der Waals surface area contributed by atoms with Gasteiger partial charge < -0.3 is 20.0 Å². The number of rotatable bonds is 6. The monoisotopic (exact) mass is 472 g/mol. The van der Waals surface area contributed by atoms with Crippen molar-refractivity contribution in [1.82, 2.24) is 20.0 Å². The van der Waals surface area contributed by atoms with Crippen LogP contribution in [0.3, 0.4) is 0 Å². The van der Waals surface area contributed by atoms with Gasteiger partial charge in [0.2, 0.25) is 5.91 Å². The zero-order valence-corrected chi connectivity index (χ0v) is 20.3. The highest BCUT2D eigenvalue weighted by Gasteiger charge is 2.31. The normalized spacial score (nSPS) is 16.7. The van der Waals surface area contributed by atoms with Gasteiger partial charge in [-0.05, 0) is 43.3 Å². The van der Waals surface area contributed by atoms with Gasteiger partial charge in [-0.25, -0.2) is 0 Å². The van der Waals surface area contributed by atoms with Gasteiger partial charge in [0.05, 0.1) is 24.7 Å². The third-order valence-electron chi connectivity index (χ3n) is 7.18. The molecule has 1 fully saturated rings. The Labute approximate surface area is 205 Å². The summed E-state index contributed by atoms with van der Waals surface area (Å²) in [6.07, 6.45) is 0. The van der Waals surface area contributed by atoms with E-state index in [9.17, 15) is 9.59 Å². The number of carbonyl (C=O) groups is 2. The van der Waals surface area contributed by atoms with E-state index in [1.165, 1.54) is 0 Å². The highest BCUT2D eigenvalue weighted by atomic mass is 16.2. The van der Waals surface area contributed by atoms with Gasteiger partial charge in [-0.15, -0.1) is 0 Å². The first-order valence-corrected chi connectivity index (χ1v) is 12.3. The number of aromatic nitrogens is 2. The number of hydrogen-bond acceptors (Lipinski definition) is 5. The van der Waals surface area contributed by atoms with Gasteiger partial charge in [-0.2, -0.15) is 5.10 Å². The molecule has 0 bridgehead atoms. The van der Waals surface area contributed by atoms with Crippen LogP contribution in [0.1, 0.15) is 46.9 Å². The molecule has 0 unspecified atom stereocenters. The summed E-state index contributed by atoms with van der Waals surface area (Å²) < 4.78 is 0. The van der Waals surface area contributed by atoms with Crippen molar-refractivity contribution < 1.29 is 9.59 Å². The molecule has 0 radical (unpaired) electrons. The van der Waals surface area contributed by atoms with Crippen LogP contribution in [-0.2, 0) is 17.9 Å². The second kappa shape index (κ2) is 9.92. The Morgan fingerprint density at radius 3 is 2.40 bits per heavy atom. The molecule has 8 nitrogen and oxygen atoms in total. The number of H-pyrrole nitrogens is 1. The summed E-state index contributed by atoms with van der Waals surface area (Å²) in [4.78, 5) is 32.6. The lowest BCUT2D eigenvalue weighted by molar-refractivity contribution is -0.133. The van der Waals surface area contributed by atoms with Crippen LogP contribution in [0.15, 0.2) is 54.6 Å². The molecule has 2 N–H and O–H groups in total. The van der Waals surface area contributed by atoms with Crippen molar-refractivity contribution >= 4 is 23.3 Å². The van der Waals surface area contributed by atoms with Gasteiger partial charge in [0.15, 0.2) is 5.82 Å². The maximum Gasteiger partial charge on any atom is 0.256 e. The molecular weight excluding hydrogens is 440 g/mol. The molecule has 2 aliphatic heterocycles. The van der Waals surface area contributed by atoms with Gasteiger partial charge in [0.25, 0.3) is 5.91 Å². The van der Waals surface area contributed by atoms with Crippen molar-refractivity contribution in [2.24, 2.45) is 0 Å². The maximum atomic E-state index is 13.1. The van der Waals surface area contributed by atoms with Crippen molar-refractivity contribution in [3.8, 4) is 0 Å². The van der Waals surface area contributed by atoms with Crippen LogP contribution in [0.5, 0.6) is 0 Å². The van der Waals surface area contributed by atoms with E-state index >= 15 is 0 Å². The number of carbonyl (C=O) groups excluding carboxylic acids is 2. The molecule has 35 heavy (non-hydrogen) atoms. The summed E-state index contributed by atoms with van der Waals surface area (Å²) in [6, 6.07) is 17.5. The Kier molecular flexibility index (Phi) is 6.55. The number of fused-ring (bicyclic) bond motifs is 1. The Morgan fingerprint density at radius 2 is 1.71 bits per heavy atom. The molecule has 182 valence electrons. The van der Waals surface area contributed by atoms with E-state index in [2.05, 4.69) is 32.2 Å². The lowest BCUT2D eigenvalue weighted by atomic mass is 10.00. The zero-order chi connectivity index (χ0) is 24.4. The van der Waals surface area contributed by atoms with E-state index in [0.717, 1.165) is 55.2 Å². The smallest absolute Gasteiger partial charge is 0.256 e. The summed E-state index contributed by atoms with van der Waals surface area (Å²) in [5.41, 5.74) is 4.46. The van der Waals surface area contributed by atoms with Crippen LogP contribution in [0.2, 0.25) is 0 Å². The Bertz CT molecular complexity index is 1180. The van der Waals surface area contributed by atoms with Crippen LogP contribution in [0.4, 0.5) is 11.5 Å². The number of amides is 2. The van der Waals surface area contributed by atoms with Crippen molar-refractivity contribution in [2.75, 3.05) is 42.9 Å². The molecule has 1 saturated heterocycles. The minimum atomic E-state index is -0.227. The number of nitrogens with one attached hydrogen (secondary N) is 2. The average Bonchev–Trinajstić information content (AvgIpc) is 3.50. The number of aromatic amines is 1. The quantitative estimate of drug-likeness (QED) is 0.574. The van der Waals surface area contributed by atoms with Gasteiger partial charge in [0, 0.05) is 43.0 Å². The third-order valence-corrected chi connectivity index (χ3v) is 7.18. The number of anilines is 2. The van der Waals surface area contributed by atoms with Gasteiger partial charge in [-0.1, -0.05) is 37.3 Å². The third kappa shape index (κ3) is 4.79. The van der Waals surface area contributed by atoms with E-state index < -0.39 is 0 Å². The second-order valence-corrected chi connectivity index (χ2v) is 9.28. The van der Waals surface area contributed by atoms with E-state index in [-0.39, 0.29) is 17.7 Å². The van der Waals surface area contributed by atoms with E-state index in [0.29, 0.717) is 24.5 Å². The van der Waals surface area contributed by atoms with Crippen LogP contribution in [-0.4, -0.2) is 64.5 Å². The summed E-state index contributed by atoms with van der Waals surface area (Å²) in [5, 5.41) is 10.2. The lowest BCUT2D eigenvalue weighted by Crippen LogP contribution is -2.46. The fourth-order valence-electron chi connectivity index (χ4n) is 4.88. The molecule has 0 spiro atoms. The van der Waals surface area contributed by atoms with Crippen LogP contribution >= 0.6 is 0 Å². The van der Waals surface area contributed by atoms with Crippen molar-refractivity contribution in [2.45, 2.75) is 32.9 Å². The molecule has 2 aliphatic rings. The summed E-state index contributed by atoms with van der Waals surface area (Å²) in [7, 11) is 0. The van der Waals surface area contributed by atoms with Crippen molar-refractivity contribution in [3.63, 3.8) is 0 Å². The molecule has 3 aromatic rings. The van der Waals surface area contributed by atoms with Gasteiger partial charge in [-0.3, -0.25) is 14.7 Å². The predicted octanol–water partition coefficient (Wildman–Crippen LogP) is 3.45. The maximum absolute atomic E-state index is 13.1. The van der Waals surface area contributed by atoms with Gasteiger partial charge >= 0.3 is 0 Å². The first kappa shape index (κ1) is 23.1. The molecule has 3 heterocycles. The molecule has 1 aromatic heterocycles. The highest BCUT2D eigenvalue weighted by molar-refractivity contribution is 6.04. The Morgan fingerprint density at radius 1 is 1.00 bits per heavy atom. The molecule has 0 saturated carbocycles. The Balaban J connectivity index is 1.21. The predicted molar refractivity (Wildman–Crippen MR) is 136 cm³/mol. The van der Waals surface area contributed by atoms with E-state index in [1.807, 2.05) is 66.4 Å². The van der Waals surface area contributed by atoms with Crippen molar-refractivity contribution in [3.05, 3.63) is 77.0 Å². The topological polar surface area (TPSA) is 84.6 Å². The van der Waals surface area contributed by atoms with E-state index in [1.54, 1.807) is 0 Å². The molecule has 1 atom stereocenters. The summed E-state index contributed by atoms with van der Waals surface area (Å²) >= 11 is 0. The molecule has 5 rings (SSSR count). The van der Waals surface area contributed by atoms with Gasteiger partial charge in [0.1, 0.15) is 0 Å². The second-order valence-electron chi connectivity index (χ2n) is 9.28. The fourth-order valence-corrected chi connectivity index (χ4v) is 4.88. The SMILES string of the molecule is CCN1CCN(c2ccc(C(=O)Nc3n[nH]c4c3CN(C(=O)[C@H](C)c3ccccc3)C4)cc2)CC1. The molecule has 2 aromatic carbocycles. The fraction of sp³-hybridized carbons (Fsp3) is 0.370. The first-order chi connectivity index (χ1) is 17.0. The minimum absolute atomic E-state index is 0.0634. The van der Waals surface area contributed by atoms with E-state index in [4.69, 9.17) is 0 Å². The average molecular weight is 473 g/mol. The number of hydrogen-bond donors (Lipinski definition) is 2. The molecule has 2 amide bonds. The lowest BCUT2D eigenvalue weighted by Gasteiger charge is -2.35. The standard InChI is InChI=1S/C27H32N6O2/c1-3-31-13-15-32(16-14-31)22-11-9-21(10-12-22)26(34)28-25-23-17-33(18-24(23)29-30-25)27(35)19(2)20-7-5-4-6-8-20/h4-12,19H,3,13-18H2,1-2H3,(H2,28,29,30,34)/t19-/m1/s1. The Hall–Kier alpha value is -3.65. The van der Waals surface area contributed by atoms with Crippen LogP contribution in [0, 0.1) is 0 Å². The van der Waals surface area contributed by atoms with Crippen LogP contribution < -0.4 is 10.2 Å². The molecule has 8 heteroatoms. The number of benzene rings is 2. The first-order valence-electron chi connectivity index (χ1n) is 12.3. The highest BCUT2D eigenvalue weighted by Crippen LogP contribution is 2.30.